The lowest BCUT2D eigenvalue weighted by Gasteiger charge is -2.12. The number of hydrogen-bond donors (Lipinski definition) is 1. The van der Waals surface area contributed by atoms with Crippen LogP contribution in [0.1, 0.15) is 37.4 Å². The van der Waals surface area contributed by atoms with E-state index in [0.29, 0.717) is 18.4 Å². The Morgan fingerprint density at radius 2 is 2.28 bits per heavy atom. The molecule has 98 valence electrons. The van der Waals surface area contributed by atoms with Crippen molar-refractivity contribution in [1.82, 2.24) is 9.97 Å². The third kappa shape index (κ3) is 2.72. The Bertz CT molecular complexity index is 415. The Morgan fingerprint density at radius 3 is 2.94 bits per heavy atom. The average Bonchev–Trinajstić information content (AvgIpc) is 3.13. The van der Waals surface area contributed by atoms with Crippen molar-refractivity contribution < 1.29 is 9.47 Å². The zero-order valence-corrected chi connectivity index (χ0v) is 10.7. The molecule has 2 aliphatic rings. The second kappa shape index (κ2) is 5.10. The third-order valence-corrected chi connectivity index (χ3v) is 3.36. The van der Waals surface area contributed by atoms with Crippen LogP contribution in [0.4, 0.5) is 5.82 Å². The maximum atomic E-state index is 5.73. The van der Waals surface area contributed by atoms with Gasteiger partial charge < -0.3 is 14.8 Å². The summed E-state index contributed by atoms with van der Waals surface area (Å²) in [4.78, 5) is 8.94. The van der Waals surface area contributed by atoms with E-state index in [1.165, 1.54) is 12.8 Å². The highest BCUT2D eigenvalue weighted by Crippen LogP contribution is 2.39. The van der Waals surface area contributed by atoms with Crippen LogP contribution in [0.2, 0.25) is 0 Å². The summed E-state index contributed by atoms with van der Waals surface area (Å²) >= 11 is 0. The first-order valence-corrected chi connectivity index (χ1v) is 6.66. The highest BCUT2D eigenvalue weighted by molar-refractivity contribution is 5.38. The minimum Gasteiger partial charge on any atom is -0.475 e. The quantitative estimate of drug-likeness (QED) is 0.864. The molecule has 0 spiro atoms. The Morgan fingerprint density at radius 1 is 1.39 bits per heavy atom. The molecule has 0 aromatic carbocycles. The summed E-state index contributed by atoms with van der Waals surface area (Å²) in [5.41, 5.74) is 0. The second-order valence-corrected chi connectivity index (χ2v) is 4.92. The maximum Gasteiger partial charge on any atom is 0.218 e. The van der Waals surface area contributed by atoms with Crippen LogP contribution >= 0.6 is 0 Å². The van der Waals surface area contributed by atoms with E-state index in [-0.39, 0.29) is 6.10 Å². The molecule has 1 atom stereocenters. The minimum absolute atomic E-state index is 0.224. The standard InChI is InChI=1S/C13H19N3O2/c1-14-11-7-12(16-13(15-11)9-4-5-9)18-8-10-3-2-6-17-10/h7,9-10H,2-6,8H2,1H3,(H,14,15,16). The van der Waals surface area contributed by atoms with Crippen LogP contribution in [0, 0.1) is 0 Å². The Kier molecular flexibility index (Phi) is 3.32. The second-order valence-electron chi connectivity index (χ2n) is 4.92. The van der Waals surface area contributed by atoms with Gasteiger partial charge in [-0.15, -0.1) is 0 Å². The fourth-order valence-corrected chi connectivity index (χ4v) is 2.12. The van der Waals surface area contributed by atoms with Gasteiger partial charge in [0.15, 0.2) is 0 Å². The molecule has 1 unspecified atom stereocenters. The number of hydrogen-bond acceptors (Lipinski definition) is 5. The van der Waals surface area contributed by atoms with Gasteiger partial charge >= 0.3 is 0 Å². The third-order valence-electron chi connectivity index (χ3n) is 3.36. The van der Waals surface area contributed by atoms with E-state index in [2.05, 4.69) is 15.3 Å². The number of anilines is 1. The lowest BCUT2D eigenvalue weighted by molar-refractivity contribution is 0.0662. The summed E-state index contributed by atoms with van der Waals surface area (Å²) in [5, 5.41) is 3.06. The average molecular weight is 249 g/mol. The van der Waals surface area contributed by atoms with Gasteiger partial charge in [0.2, 0.25) is 5.88 Å². The first-order valence-electron chi connectivity index (χ1n) is 6.66. The zero-order chi connectivity index (χ0) is 12.4. The summed E-state index contributed by atoms with van der Waals surface area (Å²) in [6, 6.07) is 1.85. The van der Waals surface area contributed by atoms with Crippen LogP contribution in [0.25, 0.3) is 0 Å². The van der Waals surface area contributed by atoms with E-state index in [4.69, 9.17) is 9.47 Å². The van der Waals surface area contributed by atoms with E-state index < -0.39 is 0 Å². The molecule has 0 amide bonds. The summed E-state index contributed by atoms with van der Waals surface area (Å²) in [6.45, 7) is 1.44. The van der Waals surface area contributed by atoms with Gasteiger partial charge in [-0.2, -0.15) is 4.98 Å². The summed E-state index contributed by atoms with van der Waals surface area (Å²) in [5.74, 6) is 2.92. The van der Waals surface area contributed by atoms with Gasteiger partial charge in [0.25, 0.3) is 0 Å². The van der Waals surface area contributed by atoms with Crippen LogP contribution in [0.5, 0.6) is 5.88 Å². The van der Waals surface area contributed by atoms with Gasteiger partial charge in [-0.3, -0.25) is 0 Å². The highest BCUT2D eigenvalue weighted by atomic mass is 16.5. The maximum absolute atomic E-state index is 5.73. The molecule has 5 nitrogen and oxygen atoms in total. The Balaban J connectivity index is 1.67. The molecule has 1 aliphatic heterocycles. The van der Waals surface area contributed by atoms with Gasteiger partial charge in [-0.25, -0.2) is 4.98 Å². The van der Waals surface area contributed by atoms with Gasteiger partial charge in [0, 0.05) is 25.6 Å². The van der Waals surface area contributed by atoms with E-state index in [1.807, 2.05) is 13.1 Å². The molecule has 0 radical (unpaired) electrons. The molecule has 1 N–H and O–H groups in total. The number of nitrogens with one attached hydrogen (secondary N) is 1. The molecular formula is C13H19N3O2. The smallest absolute Gasteiger partial charge is 0.218 e. The van der Waals surface area contributed by atoms with Crippen LogP contribution < -0.4 is 10.1 Å². The predicted molar refractivity (Wildman–Crippen MR) is 68.0 cm³/mol. The molecule has 1 saturated heterocycles. The number of nitrogens with zero attached hydrogens (tertiary/aromatic N) is 2. The zero-order valence-electron chi connectivity index (χ0n) is 10.7. The molecule has 18 heavy (non-hydrogen) atoms. The van der Waals surface area contributed by atoms with Crippen molar-refractivity contribution in [3.8, 4) is 5.88 Å². The van der Waals surface area contributed by atoms with Crippen molar-refractivity contribution in [3.63, 3.8) is 0 Å². The van der Waals surface area contributed by atoms with Crippen molar-refractivity contribution >= 4 is 5.82 Å². The fraction of sp³-hybridized carbons (Fsp3) is 0.692. The minimum atomic E-state index is 0.224. The first-order chi connectivity index (χ1) is 8.85. The summed E-state index contributed by atoms with van der Waals surface area (Å²) in [7, 11) is 1.86. The molecule has 3 rings (SSSR count). The molecular weight excluding hydrogens is 230 g/mol. The normalized spacial score (nSPS) is 23.1. The molecule has 1 aromatic rings. The topological polar surface area (TPSA) is 56.3 Å². The van der Waals surface area contributed by atoms with Crippen LogP contribution in [-0.2, 0) is 4.74 Å². The predicted octanol–water partition coefficient (Wildman–Crippen LogP) is 1.95. The largest absolute Gasteiger partial charge is 0.475 e. The van der Waals surface area contributed by atoms with Gasteiger partial charge in [0.1, 0.15) is 18.2 Å². The van der Waals surface area contributed by atoms with E-state index >= 15 is 0 Å². The fourth-order valence-electron chi connectivity index (χ4n) is 2.12. The van der Waals surface area contributed by atoms with Gasteiger partial charge in [-0.05, 0) is 25.7 Å². The Labute approximate surface area is 107 Å². The van der Waals surface area contributed by atoms with Gasteiger partial charge in [0.05, 0.1) is 6.10 Å². The molecule has 1 aliphatic carbocycles. The molecule has 1 saturated carbocycles. The molecule has 5 heteroatoms. The molecule has 0 bridgehead atoms. The lowest BCUT2D eigenvalue weighted by atomic mass is 10.2. The van der Waals surface area contributed by atoms with Crippen LogP contribution in [0.15, 0.2) is 6.07 Å². The molecule has 2 heterocycles. The van der Waals surface area contributed by atoms with Crippen molar-refractivity contribution in [2.75, 3.05) is 25.6 Å². The Hall–Kier alpha value is -1.36. The number of aromatic nitrogens is 2. The van der Waals surface area contributed by atoms with E-state index in [0.717, 1.165) is 31.1 Å². The molecule has 1 aromatic heterocycles. The van der Waals surface area contributed by atoms with E-state index in [9.17, 15) is 0 Å². The van der Waals surface area contributed by atoms with Crippen molar-refractivity contribution in [1.29, 1.82) is 0 Å². The summed E-state index contributed by atoms with van der Waals surface area (Å²) < 4.78 is 11.3. The summed E-state index contributed by atoms with van der Waals surface area (Å²) in [6.07, 6.45) is 4.82. The molecule has 2 fully saturated rings. The van der Waals surface area contributed by atoms with Crippen molar-refractivity contribution in [3.05, 3.63) is 11.9 Å². The highest BCUT2D eigenvalue weighted by Gasteiger charge is 2.27. The number of ether oxygens (including phenoxy) is 2. The first kappa shape index (κ1) is 11.7. The lowest BCUT2D eigenvalue weighted by Crippen LogP contribution is -2.17. The van der Waals surface area contributed by atoms with Crippen molar-refractivity contribution in [2.24, 2.45) is 0 Å². The monoisotopic (exact) mass is 249 g/mol. The van der Waals surface area contributed by atoms with Gasteiger partial charge in [-0.1, -0.05) is 0 Å². The SMILES string of the molecule is CNc1cc(OCC2CCCO2)nc(C2CC2)n1. The van der Waals surface area contributed by atoms with Crippen LogP contribution in [-0.4, -0.2) is 36.3 Å². The van der Waals surface area contributed by atoms with E-state index in [1.54, 1.807) is 0 Å². The van der Waals surface area contributed by atoms with Crippen LogP contribution in [0.3, 0.4) is 0 Å². The number of rotatable bonds is 5. The van der Waals surface area contributed by atoms with Crippen molar-refractivity contribution in [2.45, 2.75) is 37.7 Å².